The van der Waals surface area contributed by atoms with Gasteiger partial charge in [0.1, 0.15) is 5.75 Å². The van der Waals surface area contributed by atoms with Crippen LogP contribution in [0.1, 0.15) is 41.3 Å². The summed E-state index contributed by atoms with van der Waals surface area (Å²) < 4.78 is 6.43. The molecule has 3 aromatic carbocycles. The fraction of sp³-hybridized carbons (Fsp3) is 0.167. The predicted molar refractivity (Wildman–Crippen MR) is 124 cm³/mol. The minimum absolute atomic E-state index is 0.193. The Labute approximate surface area is 189 Å². The first-order valence-electron chi connectivity index (χ1n) is 9.46. The standard InChI is InChI=1S/C24H21BrClNO3/c1-15(2)17-8-11-22(20(25)12-17)30-14-23(28)27-21-10-9-18(26)13-19(21)24(29)16-6-4-3-5-7-16/h3-13,15H,14H2,1-2H3,(H,27,28). The molecule has 0 aromatic heterocycles. The van der Waals surface area contributed by atoms with E-state index in [2.05, 4.69) is 35.1 Å². The first-order valence-corrected chi connectivity index (χ1v) is 10.6. The number of carbonyl (C=O) groups is 2. The number of halogens is 2. The van der Waals surface area contributed by atoms with E-state index in [1.165, 1.54) is 5.56 Å². The maximum Gasteiger partial charge on any atom is 0.262 e. The molecule has 0 aliphatic heterocycles. The van der Waals surface area contributed by atoms with Gasteiger partial charge in [-0.2, -0.15) is 0 Å². The van der Waals surface area contributed by atoms with Gasteiger partial charge in [-0.1, -0.05) is 61.8 Å². The van der Waals surface area contributed by atoms with E-state index in [9.17, 15) is 9.59 Å². The van der Waals surface area contributed by atoms with Crippen LogP contribution < -0.4 is 10.1 Å². The second-order valence-corrected chi connectivity index (χ2v) is 8.36. The summed E-state index contributed by atoms with van der Waals surface area (Å²) in [6.45, 7) is 4.02. The van der Waals surface area contributed by atoms with Crippen molar-refractivity contribution in [3.63, 3.8) is 0 Å². The number of carbonyl (C=O) groups excluding carboxylic acids is 2. The molecule has 3 rings (SSSR count). The Balaban J connectivity index is 1.72. The zero-order valence-electron chi connectivity index (χ0n) is 16.6. The Hall–Kier alpha value is -2.63. The molecule has 0 heterocycles. The molecule has 0 spiro atoms. The minimum atomic E-state index is -0.376. The van der Waals surface area contributed by atoms with Crippen molar-refractivity contribution in [3.8, 4) is 5.75 Å². The van der Waals surface area contributed by atoms with Gasteiger partial charge in [0.25, 0.3) is 5.91 Å². The molecule has 0 unspecified atom stereocenters. The molecule has 0 bridgehead atoms. The molecule has 0 radical (unpaired) electrons. The highest BCUT2D eigenvalue weighted by Crippen LogP contribution is 2.29. The van der Waals surface area contributed by atoms with Gasteiger partial charge in [-0.25, -0.2) is 0 Å². The summed E-state index contributed by atoms with van der Waals surface area (Å²) in [5, 5.41) is 3.16. The minimum Gasteiger partial charge on any atom is -0.483 e. The fourth-order valence-corrected chi connectivity index (χ4v) is 3.56. The van der Waals surface area contributed by atoms with Crippen molar-refractivity contribution in [1.82, 2.24) is 0 Å². The number of anilines is 1. The first-order chi connectivity index (χ1) is 14.3. The third kappa shape index (κ3) is 5.49. The average Bonchev–Trinajstić information content (AvgIpc) is 2.74. The number of ether oxygens (including phenoxy) is 1. The number of benzene rings is 3. The van der Waals surface area contributed by atoms with Crippen LogP contribution in [-0.2, 0) is 4.79 Å². The van der Waals surface area contributed by atoms with Crippen molar-refractivity contribution in [2.45, 2.75) is 19.8 Å². The lowest BCUT2D eigenvalue weighted by Gasteiger charge is -2.13. The predicted octanol–water partition coefficient (Wildman–Crippen LogP) is 6.47. The van der Waals surface area contributed by atoms with Crippen LogP contribution in [0, 0.1) is 0 Å². The quantitative estimate of drug-likeness (QED) is 0.389. The molecule has 154 valence electrons. The Morgan fingerprint density at radius 1 is 1.03 bits per heavy atom. The van der Waals surface area contributed by atoms with Crippen molar-refractivity contribution in [2.75, 3.05) is 11.9 Å². The molecule has 4 nitrogen and oxygen atoms in total. The van der Waals surface area contributed by atoms with Crippen molar-refractivity contribution in [1.29, 1.82) is 0 Å². The summed E-state index contributed by atoms with van der Waals surface area (Å²) in [6, 6.07) is 19.4. The van der Waals surface area contributed by atoms with E-state index in [1.807, 2.05) is 24.3 Å². The van der Waals surface area contributed by atoms with Gasteiger partial charge in [0.2, 0.25) is 0 Å². The molecule has 6 heteroatoms. The smallest absolute Gasteiger partial charge is 0.262 e. The van der Waals surface area contributed by atoms with E-state index in [0.717, 1.165) is 4.47 Å². The van der Waals surface area contributed by atoms with Crippen LogP contribution in [0.4, 0.5) is 5.69 Å². The number of amides is 1. The molecule has 1 amide bonds. The van der Waals surface area contributed by atoms with Crippen molar-refractivity contribution in [2.24, 2.45) is 0 Å². The molecule has 0 saturated carbocycles. The molecule has 30 heavy (non-hydrogen) atoms. The Morgan fingerprint density at radius 2 is 1.77 bits per heavy atom. The monoisotopic (exact) mass is 485 g/mol. The van der Waals surface area contributed by atoms with Crippen LogP contribution in [0.2, 0.25) is 5.02 Å². The first kappa shape index (κ1) is 22.1. The van der Waals surface area contributed by atoms with Gasteiger partial charge in [-0.3, -0.25) is 9.59 Å². The van der Waals surface area contributed by atoms with Crippen LogP contribution in [0.25, 0.3) is 0 Å². The Bertz CT molecular complexity index is 1070. The van der Waals surface area contributed by atoms with Crippen LogP contribution in [0.15, 0.2) is 71.2 Å². The van der Waals surface area contributed by atoms with Crippen molar-refractivity contribution < 1.29 is 14.3 Å². The Morgan fingerprint density at radius 3 is 2.43 bits per heavy atom. The lowest BCUT2D eigenvalue weighted by molar-refractivity contribution is -0.118. The maximum atomic E-state index is 12.9. The second kappa shape index (κ2) is 9.92. The summed E-state index contributed by atoms with van der Waals surface area (Å²) in [4.78, 5) is 25.3. The molecule has 1 N–H and O–H groups in total. The Kier molecular flexibility index (Phi) is 7.29. The van der Waals surface area contributed by atoms with Gasteiger partial charge in [0.05, 0.1) is 10.2 Å². The van der Waals surface area contributed by atoms with Gasteiger partial charge in [-0.05, 0) is 57.7 Å². The summed E-state index contributed by atoms with van der Waals surface area (Å²) >= 11 is 9.56. The summed E-state index contributed by atoms with van der Waals surface area (Å²) in [7, 11) is 0. The summed E-state index contributed by atoms with van der Waals surface area (Å²) in [6.07, 6.45) is 0. The maximum absolute atomic E-state index is 12.9. The number of hydrogen-bond donors (Lipinski definition) is 1. The van der Waals surface area contributed by atoms with Gasteiger partial charge in [0.15, 0.2) is 12.4 Å². The highest BCUT2D eigenvalue weighted by molar-refractivity contribution is 9.10. The zero-order chi connectivity index (χ0) is 21.7. The SMILES string of the molecule is CC(C)c1ccc(OCC(=O)Nc2ccc(Cl)cc2C(=O)c2ccccc2)c(Br)c1. The van der Waals surface area contributed by atoms with Crippen LogP contribution in [0.5, 0.6) is 5.75 Å². The lowest BCUT2D eigenvalue weighted by Crippen LogP contribution is -2.22. The van der Waals surface area contributed by atoms with Gasteiger partial charge in [-0.15, -0.1) is 0 Å². The molecule has 0 atom stereocenters. The van der Waals surface area contributed by atoms with E-state index < -0.39 is 0 Å². The molecule has 3 aromatic rings. The van der Waals surface area contributed by atoms with Crippen molar-refractivity contribution in [3.05, 3.63) is 92.9 Å². The molecular formula is C24H21BrClNO3. The van der Waals surface area contributed by atoms with Crippen molar-refractivity contribution >= 4 is 44.9 Å². The second-order valence-electron chi connectivity index (χ2n) is 7.07. The van der Waals surface area contributed by atoms with Crippen LogP contribution in [0.3, 0.4) is 0 Å². The largest absolute Gasteiger partial charge is 0.483 e. The summed E-state index contributed by atoms with van der Waals surface area (Å²) in [5.41, 5.74) is 2.39. The normalized spacial score (nSPS) is 10.7. The summed E-state index contributed by atoms with van der Waals surface area (Å²) in [5.74, 6) is 0.371. The number of rotatable bonds is 7. The molecule has 0 fully saturated rings. The van der Waals surface area contributed by atoms with Crippen LogP contribution in [-0.4, -0.2) is 18.3 Å². The number of ketones is 1. The number of nitrogens with one attached hydrogen (secondary N) is 1. The van der Waals surface area contributed by atoms with Gasteiger partial charge < -0.3 is 10.1 Å². The molecule has 0 saturated heterocycles. The average molecular weight is 487 g/mol. The van der Waals surface area contributed by atoms with Gasteiger partial charge in [0, 0.05) is 16.1 Å². The van der Waals surface area contributed by atoms with E-state index in [4.69, 9.17) is 16.3 Å². The van der Waals surface area contributed by atoms with E-state index >= 15 is 0 Å². The van der Waals surface area contributed by atoms with Gasteiger partial charge >= 0.3 is 0 Å². The number of hydrogen-bond acceptors (Lipinski definition) is 3. The highest BCUT2D eigenvalue weighted by Gasteiger charge is 2.16. The fourth-order valence-electron chi connectivity index (χ4n) is 2.88. The molecular weight excluding hydrogens is 466 g/mol. The van der Waals surface area contributed by atoms with E-state index in [-0.39, 0.29) is 18.3 Å². The topological polar surface area (TPSA) is 55.4 Å². The van der Waals surface area contributed by atoms with E-state index in [0.29, 0.717) is 33.5 Å². The zero-order valence-corrected chi connectivity index (χ0v) is 19.0. The third-order valence-corrected chi connectivity index (χ3v) is 5.37. The van der Waals surface area contributed by atoms with E-state index in [1.54, 1.807) is 42.5 Å². The van der Waals surface area contributed by atoms with Crippen LogP contribution >= 0.6 is 27.5 Å². The molecule has 0 aliphatic carbocycles. The molecule has 0 aliphatic rings. The third-order valence-electron chi connectivity index (χ3n) is 4.52. The lowest BCUT2D eigenvalue weighted by atomic mass is 10.0. The highest BCUT2D eigenvalue weighted by atomic mass is 79.9.